The molecule has 39 nitrogen and oxygen atoms in total. The van der Waals surface area contributed by atoms with Crippen molar-refractivity contribution in [2.75, 3.05) is 112 Å². The molecule has 15 N–H and O–H groups in total. The Bertz CT molecular complexity index is 3110. The summed E-state index contributed by atoms with van der Waals surface area (Å²) in [6.45, 7) is 8.62. The Labute approximate surface area is 792 Å². The molecular weight excluding hydrogens is 1780 g/mol. The molecule has 17 atom stereocenters. The minimum Gasteiger partial charge on any atom is -0.466 e. The molecular formula is C92H161N7O32S2. The highest BCUT2D eigenvalue weighted by molar-refractivity contribution is 8.77. The SMILES string of the molecule is COC[C@H]1C[C@H](OC)CN1C(=O)CCCCC(=O)CCC(C)(C)SSCCC(=O)CC(CCCOC(=O)CCCCCCCNC(=O)CCCOC1OC(CO)C(O)C(O)C1NC(C)=O)(CCCOC(=O)CCCCCCCNC(=O)CCCOC1OC(CO)C(O)C(O)C1NC(C)=O)CCCOC(=O)NCCCCCCCC(=O)CCCOC1OC(CO)C(O)C(O)C1NC(C)=O. The number of rotatable bonds is 75. The highest BCUT2D eigenvalue weighted by Crippen LogP contribution is 2.43. The summed E-state index contributed by atoms with van der Waals surface area (Å²) in [5.41, 5.74) is -0.694. The number of ketones is 3. The zero-order chi connectivity index (χ0) is 97.9. The molecule has 0 radical (unpaired) electrons. The molecule has 768 valence electrons. The molecule has 4 heterocycles. The van der Waals surface area contributed by atoms with Crippen LogP contribution in [-0.4, -0.2) is 343 Å². The van der Waals surface area contributed by atoms with Gasteiger partial charge in [0, 0.05) is 142 Å². The Kier molecular flexibility index (Phi) is 61.9. The molecule has 4 aliphatic heterocycles. The lowest BCUT2D eigenvalue weighted by atomic mass is 9.71. The van der Waals surface area contributed by atoms with Gasteiger partial charge in [-0.2, -0.15) is 0 Å². The van der Waals surface area contributed by atoms with Crippen LogP contribution in [0.1, 0.15) is 285 Å². The molecule has 4 fully saturated rings. The first-order chi connectivity index (χ1) is 63.7. The van der Waals surface area contributed by atoms with Gasteiger partial charge >= 0.3 is 18.0 Å². The van der Waals surface area contributed by atoms with Crippen molar-refractivity contribution < 1.29 is 156 Å². The van der Waals surface area contributed by atoms with Crippen molar-refractivity contribution in [1.29, 1.82) is 0 Å². The van der Waals surface area contributed by atoms with Gasteiger partial charge in [0.1, 0.15) is 90.4 Å². The van der Waals surface area contributed by atoms with Crippen molar-refractivity contribution in [3.05, 3.63) is 0 Å². The number of likely N-dealkylation sites (tertiary alicyclic amines) is 1. The second-order valence-electron chi connectivity index (χ2n) is 36.0. The normalized spacial score (nSPS) is 24.1. The second kappa shape index (κ2) is 69.0. The molecule has 7 amide bonds. The maximum atomic E-state index is 14.5. The average molecular weight is 1940 g/mol. The van der Waals surface area contributed by atoms with Gasteiger partial charge in [0.2, 0.25) is 35.4 Å². The Hall–Kier alpha value is -5.94. The predicted molar refractivity (Wildman–Crippen MR) is 491 cm³/mol. The quantitative estimate of drug-likeness (QED) is 0.0167. The van der Waals surface area contributed by atoms with E-state index in [2.05, 4.69) is 45.7 Å². The van der Waals surface area contributed by atoms with Gasteiger partial charge in [0.05, 0.1) is 78.2 Å². The molecule has 0 spiro atoms. The van der Waals surface area contributed by atoms with Crippen LogP contribution in [0.15, 0.2) is 0 Å². The van der Waals surface area contributed by atoms with Crippen LogP contribution < -0.4 is 31.9 Å². The molecule has 0 aromatic rings. The summed E-state index contributed by atoms with van der Waals surface area (Å²) < 4.78 is 61.8. The lowest BCUT2D eigenvalue weighted by Crippen LogP contribution is -2.64. The summed E-state index contributed by atoms with van der Waals surface area (Å²) in [5.74, 6) is -1.90. The van der Waals surface area contributed by atoms with Crippen LogP contribution in [0.2, 0.25) is 0 Å². The lowest BCUT2D eigenvalue weighted by Gasteiger charge is -2.42. The summed E-state index contributed by atoms with van der Waals surface area (Å²) in [6.07, 6.45) is 3.45. The van der Waals surface area contributed by atoms with Gasteiger partial charge in [-0.3, -0.25) is 52.7 Å². The fourth-order valence-electron chi connectivity index (χ4n) is 16.6. The minimum absolute atomic E-state index is 0.00281. The predicted octanol–water partition coefficient (Wildman–Crippen LogP) is 4.85. The van der Waals surface area contributed by atoms with Crippen LogP contribution in [0.5, 0.6) is 0 Å². The highest BCUT2D eigenvalue weighted by Gasteiger charge is 2.49. The third-order valence-electron chi connectivity index (χ3n) is 24.1. The van der Waals surface area contributed by atoms with E-state index in [1.54, 1.807) is 35.8 Å². The van der Waals surface area contributed by atoms with E-state index in [0.717, 1.165) is 64.2 Å². The van der Waals surface area contributed by atoms with Gasteiger partial charge in [0.15, 0.2) is 18.9 Å². The van der Waals surface area contributed by atoms with Crippen molar-refractivity contribution in [2.45, 2.75) is 394 Å². The maximum absolute atomic E-state index is 14.5. The number of methoxy groups -OCH3 is 2. The largest absolute Gasteiger partial charge is 0.466 e. The van der Waals surface area contributed by atoms with E-state index < -0.39 is 141 Å². The number of hydrogen-bond donors (Lipinski definition) is 15. The number of nitrogens with one attached hydrogen (secondary N) is 6. The Morgan fingerprint density at radius 1 is 0.406 bits per heavy atom. The van der Waals surface area contributed by atoms with Crippen LogP contribution in [-0.2, 0) is 105 Å². The first-order valence-electron chi connectivity index (χ1n) is 48.2. The summed E-state index contributed by atoms with van der Waals surface area (Å²) >= 11 is 0. The first kappa shape index (κ1) is 119. The molecule has 0 aromatic heterocycles. The van der Waals surface area contributed by atoms with E-state index in [-0.39, 0.29) is 148 Å². The molecule has 0 saturated carbocycles. The standard InChI is InChI=1S/C92H161N7O32S2/c1-62(103)96-78-84(117)81(114)70(58-100)129-87(78)125-48-25-33-66(106)31-17-11-8-16-24-47-95-90(120)128-53-30-43-92(56-68(108)40-54-132-133-91(4,5)44-39-67(107)32-20-21-36-75(111)99-57-69(122-7)55-65(99)61-121-6,41-28-51-123-76(112)37-18-12-9-14-22-45-93-73(109)34-26-49-126-88-79(97-63(2)104)85(118)82(115)71(59-101)130-88)42-29-52-124-77(113)38-19-13-10-15-23-46-94-74(110)35-27-50-127-89-80(98-64(3)105)86(119)83(116)72(60-102)131-89/h65,69-72,78-89,100-102,114-119H,8-61H2,1-7H3,(H,93,109)(H,94,110)(H,95,120)(H,96,103)(H,97,104)(H,98,105)/t65-,69+,70?,71?,72?,78?,79?,80?,81?,82?,83?,84?,85?,86?,87?,88?,89?,92?/m1/s1. The molecule has 0 bridgehead atoms. The first-order valence-corrected chi connectivity index (χ1v) is 50.5. The van der Waals surface area contributed by atoms with Crippen LogP contribution in [0, 0.1) is 5.41 Å². The van der Waals surface area contributed by atoms with Crippen molar-refractivity contribution in [3.63, 3.8) is 0 Å². The number of amides is 7. The minimum atomic E-state index is -1.45. The number of aliphatic hydroxyl groups is 9. The fraction of sp³-hybridized carbons (Fsp3) is 0.870. The molecule has 0 aromatic carbocycles. The number of esters is 2. The van der Waals surface area contributed by atoms with Crippen LogP contribution >= 0.6 is 21.6 Å². The van der Waals surface area contributed by atoms with Gasteiger partial charge in [-0.1, -0.05) is 79.4 Å². The van der Waals surface area contributed by atoms with Gasteiger partial charge in [0.25, 0.3) is 0 Å². The third-order valence-corrected chi connectivity index (χ3v) is 27.4. The summed E-state index contributed by atoms with van der Waals surface area (Å²) in [6, 6.07) is -3.30. The molecule has 0 aliphatic carbocycles. The molecule has 4 saturated heterocycles. The fourth-order valence-corrected chi connectivity index (χ4v) is 19.2. The summed E-state index contributed by atoms with van der Waals surface area (Å²) in [5, 5.41) is 107. The van der Waals surface area contributed by atoms with Gasteiger partial charge in [-0.15, -0.1) is 0 Å². The molecule has 133 heavy (non-hydrogen) atoms. The molecule has 4 rings (SSSR count). The monoisotopic (exact) mass is 1940 g/mol. The Morgan fingerprint density at radius 2 is 0.782 bits per heavy atom. The summed E-state index contributed by atoms with van der Waals surface area (Å²) in [7, 11) is 6.44. The van der Waals surface area contributed by atoms with Crippen molar-refractivity contribution >= 4 is 92.4 Å². The highest BCUT2D eigenvalue weighted by atomic mass is 33.1. The van der Waals surface area contributed by atoms with Crippen LogP contribution in [0.3, 0.4) is 0 Å². The Balaban J connectivity index is 1.31. The number of aliphatic hydroxyl groups excluding tert-OH is 9. The summed E-state index contributed by atoms with van der Waals surface area (Å²) in [4.78, 5) is 156. The number of Topliss-reactive ketones (excluding diaryl/α,β-unsaturated/α-hetero) is 3. The number of nitrogens with zero attached hydrogens (tertiary/aromatic N) is 1. The van der Waals surface area contributed by atoms with Crippen molar-refractivity contribution in [2.24, 2.45) is 5.41 Å². The number of carbonyl (C=O) groups is 12. The topological polar surface area (TPSA) is 564 Å². The van der Waals surface area contributed by atoms with Gasteiger partial charge in [-0.25, -0.2) is 4.79 Å². The van der Waals surface area contributed by atoms with Crippen LogP contribution in [0.25, 0.3) is 0 Å². The molecule has 4 aliphatic rings. The zero-order valence-corrected chi connectivity index (χ0v) is 81.3. The third kappa shape index (κ3) is 50.0. The molecule has 41 heteroatoms. The van der Waals surface area contributed by atoms with Crippen molar-refractivity contribution in [1.82, 2.24) is 36.8 Å². The van der Waals surface area contributed by atoms with Crippen molar-refractivity contribution in [3.8, 4) is 0 Å². The van der Waals surface area contributed by atoms with E-state index in [1.165, 1.54) is 20.8 Å². The Morgan fingerprint density at radius 3 is 1.20 bits per heavy atom. The van der Waals surface area contributed by atoms with E-state index in [9.17, 15) is 103 Å². The van der Waals surface area contributed by atoms with Crippen LogP contribution in [0.4, 0.5) is 4.79 Å². The van der Waals surface area contributed by atoms with Gasteiger partial charge < -0.3 is 135 Å². The maximum Gasteiger partial charge on any atom is 0.407 e. The van der Waals surface area contributed by atoms with E-state index in [0.29, 0.717) is 180 Å². The number of hydrogen-bond acceptors (Lipinski definition) is 34. The lowest BCUT2D eigenvalue weighted by molar-refractivity contribution is -0.270. The zero-order valence-electron chi connectivity index (χ0n) is 79.7. The smallest absolute Gasteiger partial charge is 0.407 e. The number of ether oxygens (including phenoxy) is 11. The number of unbranched alkanes of at least 4 members (excludes halogenated alkanes) is 13. The number of alkyl carbamates (subject to hydrolysis) is 1. The van der Waals surface area contributed by atoms with E-state index >= 15 is 0 Å². The second-order valence-corrected chi connectivity index (χ2v) is 39.1. The van der Waals surface area contributed by atoms with E-state index in [1.807, 2.05) is 4.90 Å². The number of carbonyl (C=O) groups excluding carboxylic acids is 12. The van der Waals surface area contributed by atoms with E-state index in [4.69, 9.17) is 52.1 Å². The average Bonchev–Trinajstić information content (AvgIpc) is 1.65. The van der Waals surface area contributed by atoms with Gasteiger partial charge in [-0.05, 0) is 141 Å². The molecule has 15 unspecified atom stereocenters.